The van der Waals surface area contributed by atoms with E-state index in [1.54, 1.807) is 24.3 Å². The van der Waals surface area contributed by atoms with Crippen LogP contribution in [0.2, 0.25) is 0 Å². The minimum Gasteiger partial charge on any atom is -0.508 e. The zero-order chi connectivity index (χ0) is 15.5. The Kier molecular flexibility index (Phi) is 4.88. The molecule has 0 bridgehead atoms. The maximum Gasteiger partial charge on any atom is 0.237 e. The number of phenolic OH excluding ortho intramolecular Hbond substituents is 1. The van der Waals surface area contributed by atoms with E-state index in [0.717, 1.165) is 18.4 Å². The van der Waals surface area contributed by atoms with Crippen molar-refractivity contribution in [1.82, 2.24) is 5.32 Å². The summed E-state index contributed by atoms with van der Waals surface area (Å²) in [4.78, 5) is 12.3. The largest absolute Gasteiger partial charge is 0.508 e. The van der Waals surface area contributed by atoms with Crippen molar-refractivity contribution in [1.29, 1.82) is 0 Å². The molecule has 2 rings (SSSR count). The molecule has 1 saturated carbocycles. The van der Waals surface area contributed by atoms with Crippen molar-refractivity contribution in [3.63, 3.8) is 0 Å². The monoisotopic (exact) mass is 290 g/mol. The molecule has 21 heavy (non-hydrogen) atoms. The highest BCUT2D eigenvalue weighted by Gasteiger charge is 2.33. The van der Waals surface area contributed by atoms with Crippen molar-refractivity contribution in [2.75, 3.05) is 0 Å². The predicted octanol–water partition coefficient (Wildman–Crippen LogP) is 2.35. The molecule has 0 radical (unpaired) electrons. The van der Waals surface area contributed by atoms with Crippen LogP contribution in [0, 0.1) is 5.41 Å². The first kappa shape index (κ1) is 15.8. The van der Waals surface area contributed by atoms with Crippen LogP contribution >= 0.6 is 0 Å². The molecule has 0 aromatic heterocycles. The van der Waals surface area contributed by atoms with Gasteiger partial charge in [-0.2, -0.15) is 0 Å². The lowest BCUT2D eigenvalue weighted by molar-refractivity contribution is -0.124. The van der Waals surface area contributed by atoms with Crippen LogP contribution in [0.5, 0.6) is 5.75 Å². The molecule has 4 nitrogen and oxygen atoms in total. The number of hydrogen-bond acceptors (Lipinski definition) is 3. The van der Waals surface area contributed by atoms with Gasteiger partial charge in [-0.25, -0.2) is 0 Å². The number of nitrogens with one attached hydrogen (secondary N) is 1. The Labute approximate surface area is 126 Å². The summed E-state index contributed by atoms with van der Waals surface area (Å²) in [7, 11) is 0. The highest BCUT2D eigenvalue weighted by Crippen LogP contribution is 2.35. The molecule has 0 saturated heterocycles. The highest BCUT2D eigenvalue weighted by atomic mass is 16.3. The standard InChI is InChI=1S/C17H26N2O2/c1-17(2)10-4-3-5-15(17)19-16(21)14(18)11-12-6-8-13(20)9-7-12/h6-9,14-15,20H,3-5,10-11,18H2,1-2H3,(H,19,21)/t14-,15?/m1/s1. The van der Waals surface area contributed by atoms with Crippen LogP contribution in [0.4, 0.5) is 0 Å². The molecule has 1 fully saturated rings. The summed E-state index contributed by atoms with van der Waals surface area (Å²) in [5, 5.41) is 12.4. The Hall–Kier alpha value is -1.55. The average molecular weight is 290 g/mol. The number of carbonyl (C=O) groups is 1. The van der Waals surface area contributed by atoms with Gasteiger partial charge in [0.05, 0.1) is 6.04 Å². The van der Waals surface area contributed by atoms with Crippen LogP contribution in [0.1, 0.15) is 45.1 Å². The number of aromatic hydroxyl groups is 1. The fourth-order valence-corrected chi connectivity index (χ4v) is 3.02. The van der Waals surface area contributed by atoms with E-state index in [1.165, 1.54) is 12.8 Å². The first-order valence-electron chi connectivity index (χ1n) is 7.72. The van der Waals surface area contributed by atoms with Crippen LogP contribution in [0.15, 0.2) is 24.3 Å². The quantitative estimate of drug-likeness (QED) is 0.796. The molecule has 1 aromatic carbocycles. The first-order chi connectivity index (χ1) is 9.88. The minimum atomic E-state index is -0.549. The number of phenols is 1. The summed E-state index contributed by atoms with van der Waals surface area (Å²) >= 11 is 0. The van der Waals surface area contributed by atoms with E-state index >= 15 is 0 Å². The summed E-state index contributed by atoms with van der Waals surface area (Å²) < 4.78 is 0. The number of carbonyl (C=O) groups excluding carboxylic acids is 1. The third-order valence-corrected chi connectivity index (χ3v) is 4.55. The Morgan fingerprint density at radius 3 is 2.67 bits per heavy atom. The van der Waals surface area contributed by atoms with Crippen molar-refractivity contribution < 1.29 is 9.90 Å². The second kappa shape index (κ2) is 6.48. The molecular weight excluding hydrogens is 264 g/mol. The molecule has 1 aliphatic carbocycles. The highest BCUT2D eigenvalue weighted by molar-refractivity contribution is 5.82. The van der Waals surface area contributed by atoms with Gasteiger partial charge in [0.25, 0.3) is 0 Å². The Morgan fingerprint density at radius 1 is 1.38 bits per heavy atom. The molecule has 4 N–H and O–H groups in total. The second-order valence-electron chi connectivity index (χ2n) is 6.77. The first-order valence-corrected chi connectivity index (χ1v) is 7.72. The third-order valence-electron chi connectivity index (χ3n) is 4.55. The number of nitrogens with two attached hydrogens (primary N) is 1. The molecule has 0 aliphatic heterocycles. The fourth-order valence-electron chi connectivity index (χ4n) is 3.02. The molecule has 4 heteroatoms. The smallest absolute Gasteiger partial charge is 0.237 e. The van der Waals surface area contributed by atoms with E-state index in [4.69, 9.17) is 5.73 Å². The van der Waals surface area contributed by atoms with Gasteiger partial charge >= 0.3 is 0 Å². The molecular formula is C17H26N2O2. The van der Waals surface area contributed by atoms with Crippen molar-refractivity contribution in [2.24, 2.45) is 11.1 Å². The predicted molar refractivity (Wildman–Crippen MR) is 84.0 cm³/mol. The van der Waals surface area contributed by atoms with Crippen molar-refractivity contribution in [2.45, 2.75) is 58.0 Å². The second-order valence-corrected chi connectivity index (χ2v) is 6.77. The zero-order valence-electron chi connectivity index (χ0n) is 12.9. The third kappa shape index (κ3) is 4.21. The Bertz CT molecular complexity index is 482. The number of benzene rings is 1. The van der Waals surface area contributed by atoms with Crippen molar-refractivity contribution >= 4 is 5.91 Å². The summed E-state index contributed by atoms with van der Waals surface area (Å²) in [6.07, 6.45) is 5.07. The lowest BCUT2D eigenvalue weighted by atomic mass is 9.73. The van der Waals surface area contributed by atoms with Crippen LogP contribution in [0.25, 0.3) is 0 Å². The average Bonchev–Trinajstić information content (AvgIpc) is 2.43. The normalized spacial score (nSPS) is 22.5. The van der Waals surface area contributed by atoms with Gasteiger partial charge < -0.3 is 16.2 Å². The van der Waals surface area contributed by atoms with Gasteiger partial charge in [0.2, 0.25) is 5.91 Å². The molecule has 1 aromatic rings. The number of hydrogen-bond donors (Lipinski definition) is 3. The molecule has 0 heterocycles. The Balaban J connectivity index is 1.91. The van der Waals surface area contributed by atoms with Gasteiger partial charge in [0, 0.05) is 6.04 Å². The summed E-state index contributed by atoms with van der Waals surface area (Å²) in [6.45, 7) is 4.42. The van der Waals surface area contributed by atoms with Gasteiger partial charge in [-0.3, -0.25) is 4.79 Å². The molecule has 1 amide bonds. The summed E-state index contributed by atoms with van der Waals surface area (Å²) in [6, 6.07) is 6.49. The van der Waals surface area contributed by atoms with Gasteiger partial charge in [0.1, 0.15) is 5.75 Å². The maximum atomic E-state index is 12.3. The van der Waals surface area contributed by atoms with Gasteiger partial charge in [-0.1, -0.05) is 38.8 Å². The van der Waals surface area contributed by atoms with Crippen molar-refractivity contribution in [3.8, 4) is 5.75 Å². The van der Waals surface area contributed by atoms with E-state index in [9.17, 15) is 9.90 Å². The number of rotatable bonds is 4. The molecule has 2 atom stereocenters. The van der Waals surface area contributed by atoms with Crippen molar-refractivity contribution in [3.05, 3.63) is 29.8 Å². The van der Waals surface area contributed by atoms with Crippen LogP contribution < -0.4 is 11.1 Å². The SMILES string of the molecule is CC1(C)CCCCC1NC(=O)[C@H](N)Cc1ccc(O)cc1. The van der Waals surface area contributed by atoms with E-state index in [-0.39, 0.29) is 23.1 Å². The fraction of sp³-hybridized carbons (Fsp3) is 0.588. The van der Waals surface area contributed by atoms with E-state index in [2.05, 4.69) is 19.2 Å². The van der Waals surface area contributed by atoms with Gasteiger partial charge in [-0.15, -0.1) is 0 Å². The molecule has 1 unspecified atom stereocenters. The van der Waals surface area contributed by atoms with Crippen LogP contribution in [-0.4, -0.2) is 23.1 Å². The van der Waals surface area contributed by atoms with E-state index < -0.39 is 6.04 Å². The van der Waals surface area contributed by atoms with Crippen LogP contribution in [0.3, 0.4) is 0 Å². The zero-order valence-corrected chi connectivity index (χ0v) is 12.9. The molecule has 1 aliphatic rings. The summed E-state index contributed by atoms with van der Waals surface area (Å²) in [5.74, 6) is 0.142. The van der Waals surface area contributed by atoms with E-state index in [0.29, 0.717) is 6.42 Å². The minimum absolute atomic E-state index is 0.0805. The number of amides is 1. The maximum absolute atomic E-state index is 12.3. The lowest BCUT2D eigenvalue weighted by Gasteiger charge is -2.39. The van der Waals surface area contributed by atoms with Gasteiger partial charge in [-0.05, 0) is 42.4 Å². The summed E-state index contributed by atoms with van der Waals surface area (Å²) in [5.41, 5.74) is 7.12. The molecule has 116 valence electrons. The van der Waals surface area contributed by atoms with Crippen LogP contribution in [-0.2, 0) is 11.2 Å². The van der Waals surface area contributed by atoms with Gasteiger partial charge in [0.15, 0.2) is 0 Å². The molecule has 0 spiro atoms. The Morgan fingerprint density at radius 2 is 2.05 bits per heavy atom. The van der Waals surface area contributed by atoms with E-state index in [1.807, 2.05) is 0 Å². The topological polar surface area (TPSA) is 75.4 Å². The lowest BCUT2D eigenvalue weighted by Crippen LogP contribution is -2.52.